The number of anilines is 1. The van der Waals surface area contributed by atoms with E-state index in [9.17, 15) is 18.0 Å². The molecule has 3 aromatic carbocycles. The zero-order valence-corrected chi connectivity index (χ0v) is 24.9. The van der Waals surface area contributed by atoms with Crippen molar-refractivity contribution in [1.29, 1.82) is 0 Å². The summed E-state index contributed by atoms with van der Waals surface area (Å²) >= 11 is 6.49. The molecule has 40 heavy (non-hydrogen) atoms. The lowest BCUT2D eigenvalue weighted by Crippen LogP contribution is -2.55. The van der Waals surface area contributed by atoms with E-state index in [4.69, 9.17) is 11.6 Å². The third-order valence-corrected chi connectivity index (χ3v) is 8.82. The number of carbonyl (C=O) groups excluding carboxylic acids is 2. The molecular formula is C30H37ClN4O4S. The van der Waals surface area contributed by atoms with Gasteiger partial charge in [-0.1, -0.05) is 85.3 Å². The average molecular weight is 585 g/mol. The second kappa shape index (κ2) is 14.3. The Hall–Kier alpha value is -3.40. The summed E-state index contributed by atoms with van der Waals surface area (Å²) in [7, 11) is -1.21. The van der Waals surface area contributed by atoms with Crippen LogP contribution in [0, 0.1) is 0 Å². The van der Waals surface area contributed by atoms with Gasteiger partial charge in [-0.2, -0.15) is 12.7 Å². The van der Waals surface area contributed by atoms with E-state index >= 15 is 0 Å². The summed E-state index contributed by atoms with van der Waals surface area (Å²) in [4.78, 5) is 29.3. The molecule has 0 unspecified atom stereocenters. The van der Waals surface area contributed by atoms with E-state index in [2.05, 4.69) is 5.32 Å². The Balaban J connectivity index is 2.09. The van der Waals surface area contributed by atoms with E-state index in [0.717, 1.165) is 14.2 Å². The topological polar surface area (TPSA) is 90.0 Å². The highest BCUT2D eigenvalue weighted by molar-refractivity contribution is 7.90. The van der Waals surface area contributed by atoms with E-state index in [-0.39, 0.29) is 24.9 Å². The summed E-state index contributed by atoms with van der Waals surface area (Å²) in [6.07, 6.45) is 0.955. The molecule has 10 heteroatoms. The fourth-order valence-electron chi connectivity index (χ4n) is 4.12. The molecule has 0 saturated heterocycles. The van der Waals surface area contributed by atoms with E-state index in [0.29, 0.717) is 22.7 Å². The summed E-state index contributed by atoms with van der Waals surface area (Å²) in [5.41, 5.74) is 1.85. The van der Waals surface area contributed by atoms with E-state index in [1.165, 1.54) is 19.0 Å². The number of nitrogens with one attached hydrogen (secondary N) is 1. The van der Waals surface area contributed by atoms with Crippen LogP contribution in [0.4, 0.5) is 5.69 Å². The minimum Gasteiger partial charge on any atom is -0.352 e. The van der Waals surface area contributed by atoms with Crippen LogP contribution in [-0.2, 0) is 32.8 Å². The molecule has 0 aliphatic rings. The molecule has 3 rings (SSSR count). The Morgan fingerprint density at radius 2 is 1.48 bits per heavy atom. The number of benzene rings is 3. The zero-order valence-electron chi connectivity index (χ0n) is 23.3. The van der Waals surface area contributed by atoms with Crippen LogP contribution >= 0.6 is 11.6 Å². The molecule has 0 fully saturated rings. The van der Waals surface area contributed by atoms with Crippen molar-refractivity contribution < 1.29 is 18.0 Å². The lowest BCUT2D eigenvalue weighted by molar-refractivity contribution is -0.140. The number of carbonyl (C=O) groups is 2. The number of rotatable bonds is 13. The van der Waals surface area contributed by atoms with Crippen LogP contribution in [0.3, 0.4) is 0 Å². The standard InChI is InChI=1S/C30H37ClN4O4S/c1-5-23(2)32-30(37)28(20-24-14-8-6-9-15-24)34(21-25-16-12-13-19-27(25)31)29(36)22-35(40(38,39)33(3)4)26-17-10-7-11-18-26/h6-19,23,28H,5,20-22H2,1-4H3,(H,32,37)/t23-,28+/m1/s1. The first-order valence-electron chi connectivity index (χ1n) is 13.2. The average Bonchev–Trinajstić information content (AvgIpc) is 2.95. The maximum atomic E-state index is 14.2. The zero-order chi connectivity index (χ0) is 29.3. The van der Waals surface area contributed by atoms with Crippen LogP contribution in [0.15, 0.2) is 84.9 Å². The molecule has 8 nitrogen and oxygen atoms in total. The van der Waals surface area contributed by atoms with Crippen molar-refractivity contribution in [3.8, 4) is 0 Å². The molecule has 2 amide bonds. The Morgan fingerprint density at radius 1 is 0.900 bits per heavy atom. The molecule has 0 aliphatic carbocycles. The SMILES string of the molecule is CC[C@@H](C)NC(=O)[C@H](Cc1ccccc1)N(Cc1ccccc1Cl)C(=O)CN(c1ccccc1)S(=O)(=O)N(C)C. The molecule has 0 saturated carbocycles. The second-order valence-electron chi connectivity index (χ2n) is 9.77. The second-order valence-corrected chi connectivity index (χ2v) is 12.2. The first kappa shape index (κ1) is 31.1. The van der Waals surface area contributed by atoms with Gasteiger partial charge >= 0.3 is 10.2 Å². The molecular weight excluding hydrogens is 548 g/mol. The third kappa shape index (κ3) is 8.06. The largest absolute Gasteiger partial charge is 0.352 e. The van der Waals surface area contributed by atoms with Gasteiger partial charge in [-0.25, -0.2) is 4.31 Å². The van der Waals surface area contributed by atoms with E-state index in [1.807, 2.05) is 50.2 Å². The number of amides is 2. The highest BCUT2D eigenvalue weighted by Gasteiger charge is 2.35. The van der Waals surface area contributed by atoms with E-state index < -0.39 is 28.7 Å². The van der Waals surface area contributed by atoms with Gasteiger partial charge in [0.15, 0.2) is 0 Å². The molecule has 2 atom stereocenters. The van der Waals surface area contributed by atoms with Gasteiger partial charge in [0.25, 0.3) is 0 Å². The molecule has 0 aromatic heterocycles. The molecule has 0 bridgehead atoms. The predicted molar refractivity (Wildman–Crippen MR) is 160 cm³/mol. The van der Waals surface area contributed by atoms with Gasteiger partial charge in [-0.15, -0.1) is 0 Å². The minimum absolute atomic E-state index is 0.0224. The number of nitrogens with zero attached hydrogens (tertiary/aromatic N) is 3. The molecule has 0 aliphatic heterocycles. The van der Waals surface area contributed by atoms with Crippen molar-refractivity contribution >= 4 is 39.3 Å². The van der Waals surface area contributed by atoms with Crippen molar-refractivity contribution in [3.05, 3.63) is 101 Å². The summed E-state index contributed by atoms with van der Waals surface area (Å²) in [5.74, 6) is -0.852. The van der Waals surface area contributed by atoms with Crippen molar-refractivity contribution in [3.63, 3.8) is 0 Å². The Bertz CT molecular complexity index is 1370. The van der Waals surface area contributed by atoms with Gasteiger partial charge in [0.2, 0.25) is 11.8 Å². The highest BCUT2D eigenvalue weighted by atomic mass is 35.5. The molecule has 0 heterocycles. The number of halogens is 1. The van der Waals surface area contributed by atoms with Gasteiger partial charge < -0.3 is 10.2 Å². The van der Waals surface area contributed by atoms with Crippen LogP contribution in [0.2, 0.25) is 5.02 Å². The van der Waals surface area contributed by atoms with Gasteiger partial charge in [0, 0.05) is 38.1 Å². The number of para-hydroxylation sites is 1. The number of hydrogen-bond acceptors (Lipinski definition) is 4. The first-order valence-corrected chi connectivity index (χ1v) is 14.9. The van der Waals surface area contributed by atoms with Gasteiger partial charge in [0.1, 0.15) is 12.6 Å². The fraction of sp³-hybridized carbons (Fsp3) is 0.333. The van der Waals surface area contributed by atoms with E-state index in [1.54, 1.807) is 48.5 Å². The summed E-state index contributed by atoms with van der Waals surface area (Å²) in [6, 6.07) is 23.9. The van der Waals surface area contributed by atoms with Crippen LogP contribution < -0.4 is 9.62 Å². The lowest BCUT2D eigenvalue weighted by atomic mass is 10.0. The molecule has 0 spiro atoms. The monoisotopic (exact) mass is 584 g/mol. The van der Waals surface area contributed by atoms with Crippen LogP contribution in [0.1, 0.15) is 31.4 Å². The smallest absolute Gasteiger partial charge is 0.304 e. The quantitative estimate of drug-likeness (QED) is 0.320. The van der Waals surface area contributed by atoms with Crippen molar-refractivity contribution in [2.45, 2.75) is 45.3 Å². The van der Waals surface area contributed by atoms with Gasteiger partial charge in [-0.05, 0) is 42.7 Å². The number of hydrogen-bond donors (Lipinski definition) is 1. The van der Waals surface area contributed by atoms with Crippen LogP contribution in [0.5, 0.6) is 0 Å². The normalized spacial score (nSPS) is 12.9. The van der Waals surface area contributed by atoms with Gasteiger partial charge in [-0.3, -0.25) is 9.59 Å². The fourth-order valence-corrected chi connectivity index (χ4v) is 5.37. The van der Waals surface area contributed by atoms with Gasteiger partial charge in [0.05, 0.1) is 5.69 Å². The van der Waals surface area contributed by atoms with Crippen molar-refractivity contribution in [1.82, 2.24) is 14.5 Å². The Morgan fingerprint density at radius 3 is 2.05 bits per heavy atom. The van der Waals surface area contributed by atoms with Crippen molar-refractivity contribution in [2.24, 2.45) is 0 Å². The lowest BCUT2D eigenvalue weighted by Gasteiger charge is -2.35. The van der Waals surface area contributed by atoms with Crippen molar-refractivity contribution in [2.75, 3.05) is 24.9 Å². The first-order chi connectivity index (χ1) is 19.0. The maximum Gasteiger partial charge on any atom is 0.304 e. The Kier molecular flexibility index (Phi) is 11.1. The molecule has 3 aromatic rings. The molecule has 1 N–H and O–H groups in total. The minimum atomic E-state index is -4.04. The predicted octanol–water partition coefficient (Wildman–Crippen LogP) is 4.51. The Labute approximate surface area is 242 Å². The summed E-state index contributed by atoms with van der Waals surface area (Å²) in [6.45, 7) is 3.39. The third-order valence-electron chi connectivity index (χ3n) is 6.63. The summed E-state index contributed by atoms with van der Waals surface area (Å²) in [5, 5.41) is 3.46. The van der Waals surface area contributed by atoms with Crippen LogP contribution in [-0.4, -0.2) is 62.2 Å². The summed E-state index contributed by atoms with van der Waals surface area (Å²) < 4.78 is 28.8. The molecule has 214 valence electrons. The maximum absolute atomic E-state index is 14.2. The van der Waals surface area contributed by atoms with Crippen LogP contribution in [0.25, 0.3) is 0 Å². The molecule has 0 radical (unpaired) electrons. The highest BCUT2D eigenvalue weighted by Crippen LogP contribution is 2.23.